The zero-order valence-electron chi connectivity index (χ0n) is 13.1. The van der Waals surface area contributed by atoms with E-state index in [9.17, 15) is 4.39 Å². The van der Waals surface area contributed by atoms with Crippen LogP contribution in [0.15, 0.2) is 18.6 Å². The summed E-state index contributed by atoms with van der Waals surface area (Å²) in [6, 6.07) is 0. The molecule has 1 N–H and O–H groups in total. The molecule has 2 aromatic rings. The van der Waals surface area contributed by atoms with Gasteiger partial charge in [-0.05, 0) is 25.7 Å². The first-order valence-electron chi connectivity index (χ1n) is 8.33. The summed E-state index contributed by atoms with van der Waals surface area (Å²) in [5.41, 5.74) is 0. The van der Waals surface area contributed by atoms with Crippen molar-refractivity contribution in [2.45, 2.75) is 31.6 Å². The zero-order valence-corrected chi connectivity index (χ0v) is 13.1. The van der Waals surface area contributed by atoms with Gasteiger partial charge in [0.15, 0.2) is 11.6 Å². The van der Waals surface area contributed by atoms with E-state index in [0.29, 0.717) is 17.7 Å². The van der Waals surface area contributed by atoms with E-state index in [-0.39, 0.29) is 5.82 Å². The van der Waals surface area contributed by atoms with Crippen LogP contribution in [-0.4, -0.2) is 46.1 Å². The lowest BCUT2D eigenvalue weighted by Gasteiger charge is -2.32. The number of hydrogen-bond acceptors (Lipinski definition) is 5. The third kappa shape index (κ3) is 2.87. The highest BCUT2D eigenvalue weighted by atomic mass is 19.1. The third-order valence-corrected chi connectivity index (χ3v) is 4.73. The van der Waals surface area contributed by atoms with Gasteiger partial charge in [-0.2, -0.15) is 4.98 Å². The molecule has 0 aliphatic carbocycles. The summed E-state index contributed by atoms with van der Waals surface area (Å²) >= 11 is 0. The number of H-pyrrole nitrogens is 1. The second-order valence-electron chi connectivity index (χ2n) is 6.30. The van der Waals surface area contributed by atoms with Crippen LogP contribution in [0.25, 0.3) is 0 Å². The molecule has 0 amide bonds. The number of imidazole rings is 1. The van der Waals surface area contributed by atoms with E-state index < -0.39 is 0 Å². The fourth-order valence-electron chi connectivity index (χ4n) is 3.53. The molecule has 2 fully saturated rings. The van der Waals surface area contributed by atoms with Gasteiger partial charge < -0.3 is 14.8 Å². The first-order valence-corrected chi connectivity index (χ1v) is 8.33. The van der Waals surface area contributed by atoms with Gasteiger partial charge >= 0.3 is 0 Å². The Hall–Kier alpha value is -2.18. The largest absolute Gasteiger partial charge is 0.354 e. The Labute approximate surface area is 134 Å². The lowest BCUT2D eigenvalue weighted by Crippen LogP contribution is -2.36. The summed E-state index contributed by atoms with van der Waals surface area (Å²) in [4.78, 5) is 20.5. The van der Waals surface area contributed by atoms with Crippen molar-refractivity contribution in [3.05, 3.63) is 30.2 Å². The lowest BCUT2D eigenvalue weighted by atomic mass is 9.98. The van der Waals surface area contributed by atoms with Crippen molar-refractivity contribution in [3.8, 4) is 0 Å². The molecule has 2 aromatic heterocycles. The molecule has 0 bridgehead atoms. The average Bonchev–Trinajstić information content (AvgIpc) is 3.29. The number of anilines is 2. The maximum absolute atomic E-state index is 14.1. The van der Waals surface area contributed by atoms with Gasteiger partial charge in [-0.3, -0.25) is 0 Å². The first-order chi connectivity index (χ1) is 11.3. The van der Waals surface area contributed by atoms with E-state index >= 15 is 0 Å². The number of halogens is 1. The van der Waals surface area contributed by atoms with E-state index in [2.05, 4.69) is 24.8 Å². The summed E-state index contributed by atoms with van der Waals surface area (Å²) in [5.74, 6) is 2.12. The molecule has 2 saturated heterocycles. The number of aromatic nitrogens is 4. The highest BCUT2D eigenvalue weighted by Crippen LogP contribution is 2.28. The minimum absolute atomic E-state index is 0.324. The fourth-order valence-corrected chi connectivity index (χ4v) is 3.53. The maximum Gasteiger partial charge on any atom is 0.227 e. The molecule has 6 nitrogen and oxygen atoms in total. The molecule has 0 unspecified atom stereocenters. The smallest absolute Gasteiger partial charge is 0.227 e. The van der Waals surface area contributed by atoms with Crippen molar-refractivity contribution in [2.75, 3.05) is 36.0 Å². The van der Waals surface area contributed by atoms with Gasteiger partial charge in [-0.15, -0.1) is 0 Å². The highest BCUT2D eigenvalue weighted by Gasteiger charge is 2.26. The second-order valence-corrected chi connectivity index (χ2v) is 6.30. The van der Waals surface area contributed by atoms with Crippen molar-refractivity contribution >= 4 is 11.8 Å². The van der Waals surface area contributed by atoms with Gasteiger partial charge in [0.05, 0.1) is 6.20 Å². The van der Waals surface area contributed by atoms with Crippen molar-refractivity contribution in [1.82, 2.24) is 19.9 Å². The molecule has 2 aliphatic heterocycles. The van der Waals surface area contributed by atoms with Crippen molar-refractivity contribution < 1.29 is 4.39 Å². The Morgan fingerprint density at radius 1 is 1.09 bits per heavy atom. The number of nitrogens with zero attached hydrogens (tertiary/aromatic N) is 5. The number of hydrogen-bond donors (Lipinski definition) is 1. The van der Waals surface area contributed by atoms with Crippen LogP contribution in [0.5, 0.6) is 0 Å². The Morgan fingerprint density at radius 3 is 2.70 bits per heavy atom. The number of nitrogens with one attached hydrogen (secondary N) is 1. The van der Waals surface area contributed by atoms with E-state index in [1.54, 1.807) is 6.20 Å². The van der Waals surface area contributed by atoms with Gasteiger partial charge in [-0.1, -0.05) is 0 Å². The summed E-state index contributed by atoms with van der Waals surface area (Å²) in [6.07, 6.45) is 9.32. The van der Waals surface area contributed by atoms with E-state index in [1.807, 2.05) is 11.1 Å². The molecule has 2 aliphatic rings. The highest BCUT2D eigenvalue weighted by molar-refractivity contribution is 5.46. The quantitative estimate of drug-likeness (QED) is 0.941. The first kappa shape index (κ1) is 14.4. The molecule has 122 valence electrons. The Kier molecular flexibility index (Phi) is 3.85. The summed E-state index contributed by atoms with van der Waals surface area (Å²) < 4.78 is 14.1. The average molecular weight is 316 g/mol. The van der Waals surface area contributed by atoms with Gasteiger partial charge in [0.25, 0.3) is 0 Å². The van der Waals surface area contributed by atoms with Crippen LogP contribution in [0.3, 0.4) is 0 Å². The lowest BCUT2D eigenvalue weighted by molar-refractivity contribution is 0.487. The summed E-state index contributed by atoms with van der Waals surface area (Å²) in [5, 5.41) is 0. The van der Waals surface area contributed by atoms with Gasteiger partial charge in [-0.25, -0.2) is 14.4 Å². The van der Waals surface area contributed by atoms with Crippen molar-refractivity contribution in [3.63, 3.8) is 0 Å². The number of aromatic amines is 1. The van der Waals surface area contributed by atoms with Crippen LogP contribution in [-0.2, 0) is 0 Å². The maximum atomic E-state index is 14.1. The van der Waals surface area contributed by atoms with E-state index in [0.717, 1.165) is 57.7 Å². The van der Waals surface area contributed by atoms with Crippen LogP contribution in [0.1, 0.15) is 37.4 Å². The topological polar surface area (TPSA) is 60.9 Å². The van der Waals surface area contributed by atoms with Gasteiger partial charge in [0, 0.05) is 44.5 Å². The van der Waals surface area contributed by atoms with Crippen LogP contribution < -0.4 is 9.80 Å². The minimum Gasteiger partial charge on any atom is -0.354 e. The normalized spacial score (nSPS) is 21.9. The Balaban J connectivity index is 1.56. The minimum atomic E-state index is -0.324. The predicted molar refractivity (Wildman–Crippen MR) is 86.2 cm³/mol. The molecule has 0 spiro atoms. The Bertz CT molecular complexity index is 653. The third-order valence-electron chi connectivity index (χ3n) is 4.73. The van der Waals surface area contributed by atoms with Crippen LogP contribution in [0, 0.1) is 5.82 Å². The molecule has 7 heteroatoms. The standard InChI is InChI=1S/C16H21FN6/c17-13-10-20-16(21-15(13)22-7-1-2-8-22)23-9-3-4-12(11-23)14-18-5-6-19-14/h5-6,10,12H,1-4,7-9,11H2,(H,18,19)/t12-/m0/s1. The molecule has 0 saturated carbocycles. The SMILES string of the molecule is Fc1cnc(N2CCC[C@H](c3ncc[nH]3)C2)nc1N1CCCC1. The Morgan fingerprint density at radius 2 is 1.91 bits per heavy atom. The van der Waals surface area contributed by atoms with Crippen LogP contribution in [0.2, 0.25) is 0 Å². The molecule has 0 aromatic carbocycles. The zero-order chi connectivity index (χ0) is 15.6. The van der Waals surface area contributed by atoms with Crippen molar-refractivity contribution in [2.24, 2.45) is 0 Å². The predicted octanol–water partition coefficient (Wildman–Crippen LogP) is 2.32. The molecule has 1 atom stereocenters. The molecule has 23 heavy (non-hydrogen) atoms. The van der Waals surface area contributed by atoms with Crippen molar-refractivity contribution in [1.29, 1.82) is 0 Å². The summed E-state index contributed by atoms with van der Waals surface area (Å²) in [7, 11) is 0. The molecular weight excluding hydrogens is 295 g/mol. The monoisotopic (exact) mass is 316 g/mol. The van der Waals surface area contributed by atoms with Crippen LogP contribution in [0.4, 0.5) is 16.2 Å². The second kappa shape index (κ2) is 6.14. The van der Waals surface area contributed by atoms with Gasteiger partial charge in [0.1, 0.15) is 5.82 Å². The van der Waals surface area contributed by atoms with Gasteiger partial charge in [0.2, 0.25) is 5.95 Å². The number of rotatable bonds is 3. The molecule has 4 heterocycles. The molecule has 0 radical (unpaired) electrons. The van der Waals surface area contributed by atoms with Crippen LogP contribution >= 0.6 is 0 Å². The molecule has 4 rings (SSSR count). The van der Waals surface area contributed by atoms with E-state index in [4.69, 9.17) is 0 Å². The number of piperidine rings is 1. The van der Waals surface area contributed by atoms with E-state index in [1.165, 1.54) is 6.20 Å². The fraction of sp³-hybridized carbons (Fsp3) is 0.562. The summed E-state index contributed by atoms with van der Waals surface area (Å²) in [6.45, 7) is 3.48. The molecular formula is C16H21FN6.